The molecule has 0 aromatic heterocycles. The third-order valence-electron chi connectivity index (χ3n) is 2.78. The first kappa shape index (κ1) is 10.4. The highest BCUT2D eigenvalue weighted by molar-refractivity contribution is 5.48. The molecule has 0 bridgehead atoms. The summed E-state index contributed by atoms with van der Waals surface area (Å²) in [6.45, 7) is 0.948. The van der Waals surface area contributed by atoms with E-state index in [1.807, 2.05) is 6.07 Å². The molecule has 0 radical (unpaired) electrons. The number of hydrogen-bond donors (Lipinski definition) is 0. The summed E-state index contributed by atoms with van der Waals surface area (Å²) in [6.07, 6.45) is 9.69. The third-order valence-corrected chi connectivity index (χ3v) is 2.78. The molecule has 1 unspecified atom stereocenters. The molecule has 1 fully saturated rings. The van der Waals surface area contributed by atoms with Gasteiger partial charge < -0.3 is 4.74 Å². The van der Waals surface area contributed by atoms with E-state index in [0.717, 1.165) is 13.0 Å². The van der Waals surface area contributed by atoms with Crippen LogP contribution in [0.25, 0.3) is 6.08 Å². The molecule has 0 spiro atoms. The van der Waals surface area contributed by atoms with Gasteiger partial charge in [0.15, 0.2) is 0 Å². The van der Waals surface area contributed by atoms with Gasteiger partial charge in [-0.3, -0.25) is 0 Å². The van der Waals surface area contributed by atoms with Crippen molar-refractivity contribution in [2.75, 3.05) is 6.61 Å². The van der Waals surface area contributed by atoms with Crippen LogP contribution < -0.4 is 0 Å². The Morgan fingerprint density at radius 3 is 2.80 bits per heavy atom. The van der Waals surface area contributed by atoms with Crippen LogP contribution in [0.3, 0.4) is 0 Å². The van der Waals surface area contributed by atoms with E-state index in [9.17, 15) is 0 Å². The second kappa shape index (κ2) is 5.72. The summed E-state index contributed by atoms with van der Waals surface area (Å²) in [4.78, 5) is 0. The quantitative estimate of drug-likeness (QED) is 0.726. The minimum atomic E-state index is 0.457. The number of ether oxygens (including phenoxy) is 1. The van der Waals surface area contributed by atoms with E-state index in [1.165, 1.54) is 24.8 Å². The van der Waals surface area contributed by atoms with E-state index in [2.05, 4.69) is 36.4 Å². The highest BCUT2D eigenvalue weighted by atomic mass is 16.5. The van der Waals surface area contributed by atoms with Crippen molar-refractivity contribution in [3.8, 4) is 0 Å². The second-order valence-corrected chi connectivity index (χ2v) is 4.04. The lowest BCUT2D eigenvalue weighted by atomic mass is 10.1. The van der Waals surface area contributed by atoms with Gasteiger partial charge in [-0.1, -0.05) is 42.5 Å². The first-order valence-corrected chi connectivity index (χ1v) is 5.78. The molecule has 1 heterocycles. The number of rotatable bonds is 3. The zero-order valence-corrected chi connectivity index (χ0v) is 9.06. The van der Waals surface area contributed by atoms with E-state index >= 15 is 0 Å². The minimum Gasteiger partial charge on any atom is -0.378 e. The Kier molecular flexibility index (Phi) is 3.98. The van der Waals surface area contributed by atoms with Gasteiger partial charge in [-0.2, -0.15) is 0 Å². The molecule has 1 saturated heterocycles. The molecule has 0 amide bonds. The van der Waals surface area contributed by atoms with Gasteiger partial charge in [0.05, 0.1) is 6.10 Å². The van der Waals surface area contributed by atoms with Gasteiger partial charge >= 0.3 is 0 Å². The topological polar surface area (TPSA) is 9.23 Å². The van der Waals surface area contributed by atoms with Crippen molar-refractivity contribution in [3.05, 3.63) is 42.0 Å². The Hall–Kier alpha value is -1.08. The smallest absolute Gasteiger partial charge is 0.0609 e. The van der Waals surface area contributed by atoms with Crippen LogP contribution in [0.1, 0.15) is 31.2 Å². The van der Waals surface area contributed by atoms with Crippen LogP contribution in [-0.2, 0) is 4.74 Å². The third kappa shape index (κ3) is 3.52. The van der Waals surface area contributed by atoms with Crippen LogP contribution in [0.15, 0.2) is 36.4 Å². The van der Waals surface area contributed by atoms with E-state index < -0.39 is 0 Å². The fraction of sp³-hybridized carbons (Fsp3) is 0.429. The van der Waals surface area contributed by atoms with Crippen LogP contribution in [0.2, 0.25) is 0 Å². The maximum absolute atomic E-state index is 5.66. The summed E-state index contributed by atoms with van der Waals surface area (Å²) in [5.74, 6) is 0. The molecule has 1 heteroatoms. The summed E-state index contributed by atoms with van der Waals surface area (Å²) >= 11 is 0. The Morgan fingerprint density at radius 2 is 2.07 bits per heavy atom. The largest absolute Gasteiger partial charge is 0.378 e. The Morgan fingerprint density at radius 1 is 1.20 bits per heavy atom. The first-order chi connectivity index (χ1) is 7.45. The zero-order chi connectivity index (χ0) is 10.3. The highest BCUT2D eigenvalue weighted by Crippen LogP contribution is 2.16. The lowest BCUT2D eigenvalue weighted by molar-refractivity contribution is 0.0185. The molecule has 1 nitrogen and oxygen atoms in total. The number of hydrogen-bond acceptors (Lipinski definition) is 1. The minimum absolute atomic E-state index is 0.457. The standard InChI is InChI=1S/C14H18O/c1-2-7-13(8-3-1)9-6-11-14-10-4-5-12-15-14/h1-3,6-9,14H,4-5,10-12H2. The molecule has 15 heavy (non-hydrogen) atoms. The maximum Gasteiger partial charge on any atom is 0.0609 e. The van der Waals surface area contributed by atoms with Crippen molar-refractivity contribution >= 4 is 6.08 Å². The average Bonchev–Trinajstić information content (AvgIpc) is 2.32. The maximum atomic E-state index is 5.66. The molecule has 1 aliphatic heterocycles. The molecular formula is C14H18O. The Labute approximate surface area is 91.8 Å². The molecule has 0 N–H and O–H groups in total. The van der Waals surface area contributed by atoms with Gasteiger partial charge in [0.25, 0.3) is 0 Å². The van der Waals surface area contributed by atoms with Crippen LogP contribution in [-0.4, -0.2) is 12.7 Å². The molecule has 2 rings (SSSR count). The fourth-order valence-corrected chi connectivity index (χ4v) is 1.91. The second-order valence-electron chi connectivity index (χ2n) is 4.04. The predicted molar refractivity (Wildman–Crippen MR) is 63.7 cm³/mol. The summed E-state index contributed by atoms with van der Waals surface area (Å²) in [5.41, 5.74) is 1.27. The van der Waals surface area contributed by atoms with Gasteiger partial charge in [-0.15, -0.1) is 0 Å². The van der Waals surface area contributed by atoms with Crippen molar-refractivity contribution < 1.29 is 4.74 Å². The van der Waals surface area contributed by atoms with Gasteiger partial charge in [0.1, 0.15) is 0 Å². The Bertz CT molecular complexity index is 296. The SMILES string of the molecule is C(=Cc1ccccc1)CC1CCCCO1. The van der Waals surface area contributed by atoms with Crippen LogP contribution in [0, 0.1) is 0 Å². The van der Waals surface area contributed by atoms with Crippen molar-refractivity contribution in [2.45, 2.75) is 31.8 Å². The van der Waals surface area contributed by atoms with E-state index in [4.69, 9.17) is 4.74 Å². The highest BCUT2D eigenvalue weighted by Gasteiger charge is 2.11. The average molecular weight is 202 g/mol. The van der Waals surface area contributed by atoms with Crippen LogP contribution in [0.5, 0.6) is 0 Å². The Balaban J connectivity index is 1.79. The van der Waals surface area contributed by atoms with Gasteiger partial charge in [0.2, 0.25) is 0 Å². The molecule has 1 aromatic rings. The molecule has 1 aliphatic rings. The van der Waals surface area contributed by atoms with Crippen molar-refractivity contribution in [1.29, 1.82) is 0 Å². The summed E-state index contributed by atoms with van der Waals surface area (Å²) in [6, 6.07) is 10.4. The molecular weight excluding hydrogens is 184 g/mol. The summed E-state index contributed by atoms with van der Waals surface area (Å²) in [5, 5.41) is 0. The van der Waals surface area contributed by atoms with Gasteiger partial charge in [-0.25, -0.2) is 0 Å². The first-order valence-electron chi connectivity index (χ1n) is 5.78. The lowest BCUT2D eigenvalue weighted by Gasteiger charge is -2.20. The normalized spacial score (nSPS) is 22.0. The van der Waals surface area contributed by atoms with Gasteiger partial charge in [-0.05, 0) is 31.2 Å². The van der Waals surface area contributed by atoms with Crippen molar-refractivity contribution in [3.63, 3.8) is 0 Å². The van der Waals surface area contributed by atoms with E-state index in [-0.39, 0.29) is 0 Å². The van der Waals surface area contributed by atoms with E-state index in [0.29, 0.717) is 6.10 Å². The van der Waals surface area contributed by atoms with Crippen LogP contribution in [0.4, 0.5) is 0 Å². The predicted octanol–water partition coefficient (Wildman–Crippen LogP) is 3.66. The van der Waals surface area contributed by atoms with Gasteiger partial charge in [0, 0.05) is 6.61 Å². The number of benzene rings is 1. The van der Waals surface area contributed by atoms with Crippen LogP contribution >= 0.6 is 0 Å². The summed E-state index contributed by atoms with van der Waals surface area (Å²) < 4.78 is 5.66. The molecule has 1 aromatic carbocycles. The lowest BCUT2D eigenvalue weighted by Crippen LogP contribution is -2.17. The van der Waals surface area contributed by atoms with Crippen molar-refractivity contribution in [2.24, 2.45) is 0 Å². The fourth-order valence-electron chi connectivity index (χ4n) is 1.91. The monoisotopic (exact) mass is 202 g/mol. The van der Waals surface area contributed by atoms with E-state index in [1.54, 1.807) is 0 Å². The molecule has 0 saturated carbocycles. The molecule has 1 atom stereocenters. The van der Waals surface area contributed by atoms with Crippen molar-refractivity contribution in [1.82, 2.24) is 0 Å². The zero-order valence-electron chi connectivity index (χ0n) is 9.06. The molecule has 0 aliphatic carbocycles. The molecule has 80 valence electrons. The summed E-state index contributed by atoms with van der Waals surface area (Å²) in [7, 11) is 0.